The maximum atomic E-state index is 15.0. The number of carbonyl (C=O) groups excluding carboxylic acids is 2. The molecule has 32 heavy (non-hydrogen) atoms. The SMILES string of the molecule is C/C(=C(/F)C(=O)Nc1ccc(C(=O)N2CCCC2)cc1Br)c1ccc2ccnc(N)c2c1. The van der Waals surface area contributed by atoms with Gasteiger partial charge < -0.3 is 16.0 Å². The second-order valence-corrected chi connectivity index (χ2v) is 8.57. The highest BCUT2D eigenvalue weighted by Crippen LogP contribution is 2.29. The summed E-state index contributed by atoms with van der Waals surface area (Å²) in [7, 11) is 0. The fourth-order valence-electron chi connectivity index (χ4n) is 3.75. The molecule has 0 spiro atoms. The van der Waals surface area contributed by atoms with Gasteiger partial charge in [-0.2, -0.15) is 0 Å². The molecule has 0 saturated carbocycles. The first-order chi connectivity index (χ1) is 15.3. The van der Waals surface area contributed by atoms with Crippen molar-refractivity contribution in [3.8, 4) is 0 Å². The summed E-state index contributed by atoms with van der Waals surface area (Å²) in [6.45, 7) is 3.04. The lowest BCUT2D eigenvalue weighted by atomic mass is 10.0. The van der Waals surface area contributed by atoms with Crippen LogP contribution in [-0.2, 0) is 4.79 Å². The molecule has 3 aromatic rings. The molecule has 2 heterocycles. The van der Waals surface area contributed by atoms with E-state index in [1.165, 1.54) is 6.92 Å². The normalized spacial score (nSPS) is 14.4. The summed E-state index contributed by atoms with van der Waals surface area (Å²) in [5.41, 5.74) is 7.54. The zero-order valence-corrected chi connectivity index (χ0v) is 19.1. The summed E-state index contributed by atoms with van der Waals surface area (Å²) in [5, 5.41) is 4.14. The molecule has 2 amide bonds. The summed E-state index contributed by atoms with van der Waals surface area (Å²) >= 11 is 3.37. The molecule has 0 unspecified atom stereocenters. The second-order valence-electron chi connectivity index (χ2n) is 7.72. The highest BCUT2D eigenvalue weighted by Gasteiger charge is 2.21. The van der Waals surface area contributed by atoms with E-state index in [2.05, 4.69) is 26.2 Å². The van der Waals surface area contributed by atoms with E-state index in [9.17, 15) is 14.0 Å². The van der Waals surface area contributed by atoms with Gasteiger partial charge in [-0.05, 0) is 82.5 Å². The maximum Gasteiger partial charge on any atom is 0.284 e. The van der Waals surface area contributed by atoms with Crippen LogP contribution in [0.5, 0.6) is 0 Å². The van der Waals surface area contributed by atoms with Gasteiger partial charge in [0, 0.05) is 34.7 Å². The third kappa shape index (κ3) is 4.36. The van der Waals surface area contributed by atoms with Crippen LogP contribution in [0.3, 0.4) is 0 Å². The molecule has 0 radical (unpaired) electrons. The molecule has 1 aliphatic heterocycles. The molecule has 4 rings (SSSR count). The van der Waals surface area contributed by atoms with Gasteiger partial charge in [0.05, 0.1) is 5.69 Å². The zero-order valence-electron chi connectivity index (χ0n) is 17.5. The van der Waals surface area contributed by atoms with E-state index in [1.54, 1.807) is 41.4 Å². The van der Waals surface area contributed by atoms with Crippen molar-refractivity contribution in [1.29, 1.82) is 0 Å². The van der Waals surface area contributed by atoms with Crippen molar-refractivity contribution in [2.24, 2.45) is 0 Å². The standard InChI is InChI=1S/C24H22BrFN4O2/c1-14(16-5-4-15-8-9-28-22(27)18(15)12-16)21(26)23(31)29-20-7-6-17(13-19(20)25)24(32)30-10-2-3-11-30/h4-9,12-13H,2-3,10-11H2,1H3,(H2,27,28)(H,29,31)/b21-14-. The fraction of sp³-hybridized carbons (Fsp3) is 0.208. The molecule has 1 aromatic heterocycles. The number of rotatable bonds is 4. The third-order valence-electron chi connectivity index (χ3n) is 5.62. The maximum absolute atomic E-state index is 15.0. The number of carbonyl (C=O) groups is 2. The average molecular weight is 497 g/mol. The van der Waals surface area contributed by atoms with E-state index >= 15 is 0 Å². The van der Waals surface area contributed by atoms with Crippen LogP contribution in [0.1, 0.15) is 35.7 Å². The van der Waals surface area contributed by atoms with Gasteiger partial charge >= 0.3 is 0 Å². The Balaban J connectivity index is 1.54. The fourth-order valence-corrected chi connectivity index (χ4v) is 4.23. The summed E-state index contributed by atoms with van der Waals surface area (Å²) in [4.78, 5) is 31.0. The van der Waals surface area contributed by atoms with Gasteiger partial charge in [-0.1, -0.05) is 12.1 Å². The number of nitrogens with one attached hydrogen (secondary N) is 1. The number of nitrogens with zero attached hydrogens (tertiary/aromatic N) is 2. The topological polar surface area (TPSA) is 88.3 Å². The number of hydrogen-bond acceptors (Lipinski definition) is 4. The Kier molecular flexibility index (Phi) is 6.23. The minimum atomic E-state index is -0.907. The van der Waals surface area contributed by atoms with Crippen LogP contribution in [-0.4, -0.2) is 34.8 Å². The van der Waals surface area contributed by atoms with Gasteiger partial charge in [0.1, 0.15) is 5.82 Å². The van der Waals surface area contributed by atoms with Gasteiger partial charge in [0.2, 0.25) is 0 Å². The molecule has 1 aliphatic rings. The van der Waals surface area contributed by atoms with E-state index in [0.29, 0.717) is 32.5 Å². The van der Waals surface area contributed by atoms with Crippen LogP contribution in [0.4, 0.5) is 15.9 Å². The number of aromatic nitrogens is 1. The number of hydrogen-bond donors (Lipinski definition) is 2. The van der Waals surface area contributed by atoms with Crippen molar-refractivity contribution in [2.45, 2.75) is 19.8 Å². The Bertz CT molecular complexity index is 1250. The molecule has 0 bridgehead atoms. The van der Waals surface area contributed by atoms with E-state index < -0.39 is 11.7 Å². The number of nitrogen functional groups attached to an aromatic ring is 1. The zero-order chi connectivity index (χ0) is 22.8. The molecule has 8 heteroatoms. The first-order valence-corrected chi connectivity index (χ1v) is 11.1. The van der Waals surface area contributed by atoms with Crippen molar-refractivity contribution < 1.29 is 14.0 Å². The number of allylic oxidation sites excluding steroid dienone is 1. The van der Waals surface area contributed by atoms with E-state index in [1.807, 2.05) is 12.1 Å². The Morgan fingerprint density at radius 2 is 1.81 bits per heavy atom. The van der Waals surface area contributed by atoms with Gasteiger partial charge in [-0.15, -0.1) is 0 Å². The molecule has 6 nitrogen and oxygen atoms in total. The smallest absolute Gasteiger partial charge is 0.284 e. The van der Waals surface area contributed by atoms with Gasteiger partial charge in [-0.25, -0.2) is 9.37 Å². The number of likely N-dealkylation sites (tertiary alicyclic amines) is 1. The highest BCUT2D eigenvalue weighted by atomic mass is 79.9. The number of halogens is 2. The van der Waals surface area contributed by atoms with Crippen LogP contribution in [0, 0.1) is 0 Å². The van der Waals surface area contributed by atoms with Crippen molar-refractivity contribution in [3.63, 3.8) is 0 Å². The second kappa shape index (κ2) is 9.08. The van der Waals surface area contributed by atoms with Gasteiger partial charge in [0.25, 0.3) is 11.8 Å². The summed E-state index contributed by atoms with van der Waals surface area (Å²) in [6.07, 6.45) is 3.62. The summed E-state index contributed by atoms with van der Waals surface area (Å²) < 4.78 is 15.5. The molecule has 2 aromatic carbocycles. The molecule has 0 aliphatic carbocycles. The molecule has 1 saturated heterocycles. The largest absolute Gasteiger partial charge is 0.383 e. The summed E-state index contributed by atoms with van der Waals surface area (Å²) in [6, 6.07) is 11.9. The van der Waals surface area contributed by atoms with Crippen molar-refractivity contribution in [2.75, 3.05) is 24.1 Å². The molecule has 3 N–H and O–H groups in total. The lowest BCUT2D eigenvalue weighted by Crippen LogP contribution is -2.27. The van der Waals surface area contributed by atoms with Crippen LogP contribution < -0.4 is 11.1 Å². The number of nitrogens with two attached hydrogens (primary N) is 1. The Labute approximate surface area is 193 Å². The Morgan fingerprint density at radius 1 is 1.09 bits per heavy atom. The number of pyridine rings is 1. The monoisotopic (exact) mass is 496 g/mol. The molecule has 0 atom stereocenters. The first-order valence-electron chi connectivity index (χ1n) is 10.3. The third-order valence-corrected chi connectivity index (χ3v) is 6.27. The van der Waals surface area contributed by atoms with Crippen molar-refractivity contribution in [3.05, 3.63) is 70.1 Å². The first kappa shape index (κ1) is 22.0. The number of amides is 2. The number of anilines is 2. The van der Waals surface area contributed by atoms with Crippen LogP contribution in [0.15, 0.2) is 59.0 Å². The summed E-state index contributed by atoms with van der Waals surface area (Å²) in [5.74, 6) is -1.49. The minimum absolute atomic E-state index is 0.0481. The molecular weight excluding hydrogens is 475 g/mol. The number of benzene rings is 2. The number of fused-ring (bicyclic) bond motifs is 1. The highest BCUT2D eigenvalue weighted by molar-refractivity contribution is 9.10. The quantitative estimate of drug-likeness (QED) is 0.488. The lowest BCUT2D eigenvalue weighted by Gasteiger charge is -2.16. The van der Waals surface area contributed by atoms with Crippen molar-refractivity contribution in [1.82, 2.24) is 9.88 Å². The lowest BCUT2D eigenvalue weighted by molar-refractivity contribution is -0.114. The Morgan fingerprint density at radius 3 is 2.53 bits per heavy atom. The average Bonchev–Trinajstić information content (AvgIpc) is 3.34. The van der Waals surface area contributed by atoms with Crippen molar-refractivity contribution >= 4 is 55.6 Å². The van der Waals surface area contributed by atoms with Gasteiger partial charge in [0.15, 0.2) is 5.83 Å². The van der Waals surface area contributed by atoms with E-state index in [-0.39, 0.29) is 11.5 Å². The van der Waals surface area contributed by atoms with E-state index in [4.69, 9.17) is 5.73 Å². The Hall–Kier alpha value is -3.26. The molecule has 164 valence electrons. The predicted molar refractivity (Wildman–Crippen MR) is 128 cm³/mol. The van der Waals surface area contributed by atoms with E-state index in [0.717, 1.165) is 31.3 Å². The predicted octanol–water partition coefficient (Wildman–Crippen LogP) is 5.15. The van der Waals surface area contributed by atoms with Crippen LogP contribution >= 0.6 is 15.9 Å². The van der Waals surface area contributed by atoms with Crippen LogP contribution in [0.25, 0.3) is 16.3 Å². The minimum Gasteiger partial charge on any atom is -0.383 e. The van der Waals surface area contributed by atoms with Crippen LogP contribution in [0.2, 0.25) is 0 Å². The molecular formula is C24H22BrFN4O2. The van der Waals surface area contributed by atoms with Gasteiger partial charge in [-0.3, -0.25) is 9.59 Å². The molecule has 1 fully saturated rings.